The fourth-order valence-electron chi connectivity index (χ4n) is 2.30. The van der Waals surface area contributed by atoms with Crippen molar-refractivity contribution < 1.29 is 27.8 Å². The Kier molecular flexibility index (Phi) is 5.23. The predicted molar refractivity (Wildman–Crippen MR) is 71.5 cm³/mol. The van der Waals surface area contributed by atoms with Crippen molar-refractivity contribution in [2.75, 3.05) is 26.3 Å². The van der Waals surface area contributed by atoms with E-state index in [2.05, 4.69) is 9.72 Å². The molecule has 1 aliphatic rings. The first-order valence-corrected chi connectivity index (χ1v) is 6.95. The molecule has 122 valence electrons. The third kappa shape index (κ3) is 4.33. The van der Waals surface area contributed by atoms with Crippen LogP contribution >= 0.6 is 0 Å². The summed E-state index contributed by atoms with van der Waals surface area (Å²) in [5.41, 5.74) is -0.116. The van der Waals surface area contributed by atoms with E-state index < -0.39 is 18.7 Å². The number of rotatable bonds is 4. The molecule has 0 saturated carbocycles. The summed E-state index contributed by atoms with van der Waals surface area (Å²) < 4.78 is 41.4. The minimum atomic E-state index is -4.48. The van der Waals surface area contributed by atoms with Crippen LogP contribution in [-0.4, -0.2) is 53.4 Å². The van der Waals surface area contributed by atoms with Crippen molar-refractivity contribution in [3.8, 4) is 5.75 Å². The normalized spacial score (nSPS) is 16.6. The molecule has 0 spiro atoms. The molecule has 1 aromatic rings. The van der Waals surface area contributed by atoms with E-state index in [0.717, 1.165) is 0 Å². The molecule has 1 amide bonds. The summed E-state index contributed by atoms with van der Waals surface area (Å²) in [4.78, 5) is 17.8. The number of aromatic nitrogens is 1. The van der Waals surface area contributed by atoms with E-state index >= 15 is 0 Å². The van der Waals surface area contributed by atoms with Gasteiger partial charge in [-0.05, 0) is 30.9 Å². The molecule has 8 heteroatoms. The summed E-state index contributed by atoms with van der Waals surface area (Å²) >= 11 is 0. The van der Waals surface area contributed by atoms with Gasteiger partial charge in [0.1, 0.15) is 0 Å². The Balaban J connectivity index is 2.06. The number of likely N-dealkylation sites (tertiary alicyclic amines) is 1. The van der Waals surface area contributed by atoms with Crippen molar-refractivity contribution >= 4 is 5.91 Å². The third-order valence-electron chi connectivity index (χ3n) is 3.52. The molecule has 22 heavy (non-hydrogen) atoms. The largest absolute Gasteiger partial charge is 0.482 e. The standard InChI is InChI=1S/C14H17F3N2O3/c15-14(16,17)9-22-11-2-1-5-18-12(11)13(21)19-6-3-10(8-20)4-7-19/h1-2,5,10,20H,3-4,6-9H2. The highest BCUT2D eigenvalue weighted by molar-refractivity contribution is 5.95. The second-order valence-corrected chi connectivity index (χ2v) is 5.17. The number of aliphatic hydroxyl groups is 1. The number of hydrogen-bond acceptors (Lipinski definition) is 4. The van der Waals surface area contributed by atoms with E-state index in [1.165, 1.54) is 23.2 Å². The van der Waals surface area contributed by atoms with Crippen molar-refractivity contribution in [3.63, 3.8) is 0 Å². The zero-order valence-corrected chi connectivity index (χ0v) is 11.8. The van der Waals surface area contributed by atoms with Crippen LogP contribution < -0.4 is 4.74 Å². The van der Waals surface area contributed by atoms with Crippen molar-refractivity contribution in [2.45, 2.75) is 19.0 Å². The van der Waals surface area contributed by atoms with Gasteiger partial charge >= 0.3 is 6.18 Å². The molecule has 0 aromatic carbocycles. The summed E-state index contributed by atoms with van der Waals surface area (Å²) in [6, 6.07) is 2.72. The first-order valence-electron chi connectivity index (χ1n) is 6.95. The Morgan fingerprint density at radius 3 is 2.68 bits per heavy atom. The van der Waals surface area contributed by atoms with Gasteiger partial charge in [-0.2, -0.15) is 13.2 Å². The number of pyridine rings is 1. The van der Waals surface area contributed by atoms with Crippen molar-refractivity contribution in [1.29, 1.82) is 0 Å². The quantitative estimate of drug-likeness (QED) is 0.920. The molecule has 2 heterocycles. The number of carbonyl (C=O) groups is 1. The molecule has 1 saturated heterocycles. The van der Waals surface area contributed by atoms with Gasteiger partial charge in [0.25, 0.3) is 5.91 Å². The van der Waals surface area contributed by atoms with Crippen LogP contribution in [0.5, 0.6) is 5.75 Å². The monoisotopic (exact) mass is 318 g/mol. The van der Waals surface area contributed by atoms with Gasteiger partial charge in [0.15, 0.2) is 18.1 Å². The number of nitrogens with zero attached hydrogens (tertiary/aromatic N) is 2. The number of aliphatic hydroxyl groups excluding tert-OH is 1. The van der Waals surface area contributed by atoms with E-state index in [1.54, 1.807) is 0 Å². The molecule has 2 rings (SSSR count). The first-order chi connectivity index (χ1) is 10.4. The second-order valence-electron chi connectivity index (χ2n) is 5.17. The zero-order chi connectivity index (χ0) is 16.2. The number of alkyl halides is 3. The topological polar surface area (TPSA) is 62.7 Å². The Bertz CT molecular complexity index is 514. The van der Waals surface area contributed by atoms with E-state index in [9.17, 15) is 18.0 Å². The third-order valence-corrected chi connectivity index (χ3v) is 3.52. The fourth-order valence-corrected chi connectivity index (χ4v) is 2.30. The van der Waals surface area contributed by atoms with E-state index in [-0.39, 0.29) is 24.0 Å². The lowest BCUT2D eigenvalue weighted by Gasteiger charge is -2.31. The molecular formula is C14H17F3N2O3. The lowest BCUT2D eigenvalue weighted by molar-refractivity contribution is -0.153. The summed E-state index contributed by atoms with van der Waals surface area (Å²) in [5, 5.41) is 9.08. The molecule has 1 fully saturated rings. The van der Waals surface area contributed by atoms with Crippen LogP contribution in [0, 0.1) is 5.92 Å². The van der Waals surface area contributed by atoms with Gasteiger partial charge in [0.05, 0.1) is 0 Å². The number of carbonyl (C=O) groups excluding carboxylic acids is 1. The SMILES string of the molecule is O=C(c1ncccc1OCC(F)(F)F)N1CCC(CO)CC1. The number of amides is 1. The average Bonchev–Trinajstić information content (AvgIpc) is 2.52. The zero-order valence-electron chi connectivity index (χ0n) is 11.8. The van der Waals surface area contributed by atoms with Gasteiger partial charge in [-0.25, -0.2) is 4.98 Å². The van der Waals surface area contributed by atoms with Crippen molar-refractivity contribution in [1.82, 2.24) is 9.88 Å². The molecular weight excluding hydrogens is 301 g/mol. The van der Waals surface area contributed by atoms with Gasteiger partial charge < -0.3 is 14.7 Å². The number of piperidine rings is 1. The summed E-state index contributed by atoms with van der Waals surface area (Å²) in [7, 11) is 0. The average molecular weight is 318 g/mol. The number of ether oxygens (including phenoxy) is 1. The van der Waals surface area contributed by atoms with E-state index in [4.69, 9.17) is 5.11 Å². The van der Waals surface area contributed by atoms with Crippen LogP contribution in [0.25, 0.3) is 0 Å². The van der Waals surface area contributed by atoms with E-state index in [0.29, 0.717) is 25.9 Å². The lowest BCUT2D eigenvalue weighted by atomic mass is 9.97. The molecule has 1 aliphatic heterocycles. The van der Waals surface area contributed by atoms with Crippen LogP contribution in [0.15, 0.2) is 18.3 Å². The first kappa shape index (κ1) is 16.5. The van der Waals surface area contributed by atoms with Gasteiger partial charge in [-0.3, -0.25) is 4.79 Å². The molecule has 0 atom stereocenters. The highest BCUT2D eigenvalue weighted by atomic mass is 19.4. The van der Waals surface area contributed by atoms with E-state index in [1.807, 2.05) is 0 Å². The minimum Gasteiger partial charge on any atom is -0.482 e. The minimum absolute atomic E-state index is 0.0750. The maximum Gasteiger partial charge on any atom is 0.422 e. The van der Waals surface area contributed by atoms with Gasteiger partial charge in [-0.15, -0.1) is 0 Å². The molecule has 1 aromatic heterocycles. The molecule has 0 radical (unpaired) electrons. The Morgan fingerprint density at radius 2 is 2.09 bits per heavy atom. The van der Waals surface area contributed by atoms with Crippen LogP contribution in [0.2, 0.25) is 0 Å². The van der Waals surface area contributed by atoms with Gasteiger partial charge in [0, 0.05) is 25.9 Å². The van der Waals surface area contributed by atoms with Crippen LogP contribution in [0.4, 0.5) is 13.2 Å². The Morgan fingerprint density at radius 1 is 1.41 bits per heavy atom. The predicted octanol–water partition coefficient (Wildman–Crippen LogP) is 1.87. The highest BCUT2D eigenvalue weighted by Crippen LogP contribution is 2.24. The van der Waals surface area contributed by atoms with Crippen LogP contribution in [0.3, 0.4) is 0 Å². The molecule has 0 unspecified atom stereocenters. The second kappa shape index (κ2) is 6.95. The van der Waals surface area contributed by atoms with Crippen molar-refractivity contribution in [3.05, 3.63) is 24.0 Å². The summed E-state index contributed by atoms with van der Waals surface area (Å²) in [6.45, 7) is -0.504. The number of hydrogen-bond donors (Lipinski definition) is 1. The smallest absolute Gasteiger partial charge is 0.422 e. The Labute approximate surface area is 125 Å². The maximum atomic E-state index is 12.4. The summed E-state index contributed by atoms with van der Waals surface area (Å²) in [6.07, 6.45) is -1.81. The molecule has 5 nitrogen and oxygen atoms in total. The van der Waals surface area contributed by atoms with Gasteiger partial charge in [-0.1, -0.05) is 0 Å². The highest BCUT2D eigenvalue weighted by Gasteiger charge is 2.30. The molecule has 0 aliphatic carbocycles. The van der Waals surface area contributed by atoms with Crippen LogP contribution in [-0.2, 0) is 0 Å². The van der Waals surface area contributed by atoms with Gasteiger partial charge in [0.2, 0.25) is 0 Å². The van der Waals surface area contributed by atoms with Crippen LogP contribution in [0.1, 0.15) is 23.3 Å². The lowest BCUT2D eigenvalue weighted by Crippen LogP contribution is -2.39. The molecule has 1 N–H and O–H groups in total. The summed E-state index contributed by atoms with van der Waals surface area (Å²) in [5.74, 6) is -0.461. The molecule has 0 bridgehead atoms. The Hall–Kier alpha value is -1.83. The van der Waals surface area contributed by atoms with Crippen molar-refractivity contribution in [2.24, 2.45) is 5.92 Å². The number of halogens is 3. The fraction of sp³-hybridized carbons (Fsp3) is 0.571. The maximum absolute atomic E-state index is 12.4.